The SMILES string of the molecule is CCNC(=O)NS(=O)(=O)c1cnccc1Nc1cccc(OC)c1. The summed E-state index contributed by atoms with van der Waals surface area (Å²) < 4.78 is 31.8. The molecular weight excluding hydrogens is 332 g/mol. The van der Waals surface area contributed by atoms with Gasteiger partial charge in [-0.15, -0.1) is 0 Å². The average Bonchev–Trinajstić information content (AvgIpc) is 2.55. The molecule has 2 amide bonds. The summed E-state index contributed by atoms with van der Waals surface area (Å²) in [7, 11) is -2.53. The molecular formula is C15H18N4O4S. The lowest BCUT2D eigenvalue weighted by atomic mass is 10.3. The fourth-order valence-electron chi connectivity index (χ4n) is 1.93. The van der Waals surface area contributed by atoms with Gasteiger partial charge in [0.1, 0.15) is 10.6 Å². The third-order valence-electron chi connectivity index (χ3n) is 2.99. The molecule has 2 rings (SSSR count). The van der Waals surface area contributed by atoms with E-state index < -0.39 is 16.1 Å². The van der Waals surface area contributed by atoms with Crippen LogP contribution in [0.3, 0.4) is 0 Å². The number of amides is 2. The van der Waals surface area contributed by atoms with Crippen LogP contribution < -0.4 is 20.1 Å². The summed E-state index contributed by atoms with van der Waals surface area (Å²) in [5, 5.41) is 5.36. The number of hydrogen-bond acceptors (Lipinski definition) is 6. The van der Waals surface area contributed by atoms with E-state index in [-0.39, 0.29) is 10.6 Å². The second kappa shape index (κ2) is 7.64. The number of rotatable bonds is 6. The Morgan fingerprint density at radius 1 is 1.29 bits per heavy atom. The Labute approximate surface area is 140 Å². The van der Waals surface area contributed by atoms with Gasteiger partial charge in [0.05, 0.1) is 12.8 Å². The highest BCUT2D eigenvalue weighted by atomic mass is 32.2. The molecule has 128 valence electrons. The van der Waals surface area contributed by atoms with Gasteiger partial charge < -0.3 is 15.4 Å². The number of anilines is 2. The molecule has 24 heavy (non-hydrogen) atoms. The molecule has 1 aromatic heterocycles. The largest absolute Gasteiger partial charge is 0.497 e. The van der Waals surface area contributed by atoms with Crippen molar-refractivity contribution in [3.63, 3.8) is 0 Å². The maximum absolute atomic E-state index is 12.4. The minimum Gasteiger partial charge on any atom is -0.497 e. The predicted octanol–water partition coefficient (Wildman–Crippen LogP) is 1.84. The lowest BCUT2D eigenvalue weighted by Gasteiger charge is -2.13. The number of hydrogen-bond donors (Lipinski definition) is 3. The lowest BCUT2D eigenvalue weighted by molar-refractivity contribution is 0.246. The number of aromatic nitrogens is 1. The Balaban J connectivity index is 2.31. The van der Waals surface area contributed by atoms with Crippen molar-refractivity contribution in [2.24, 2.45) is 0 Å². The summed E-state index contributed by atoms with van der Waals surface area (Å²) in [4.78, 5) is 15.2. The second-order valence-electron chi connectivity index (χ2n) is 4.69. The van der Waals surface area contributed by atoms with Gasteiger partial charge in [0, 0.05) is 30.7 Å². The topological polar surface area (TPSA) is 109 Å². The maximum atomic E-state index is 12.4. The molecule has 1 heterocycles. The standard InChI is InChI=1S/C15H18N4O4S/c1-3-17-15(20)19-24(21,22)14-10-16-8-7-13(14)18-11-5-4-6-12(9-11)23-2/h4-10H,3H2,1-2H3,(H,16,18)(H2,17,19,20). The Hall–Kier alpha value is -2.81. The molecule has 0 unspecified atom stereocenters. The summed E-state index contributed by atoms with van der Waals surface area (Å²) >= 11 is 0. The van der Waals surface area contributed by atoms with Crippen molar-refractivity contribution < 1.29 is 17.9 Å². The van der Waals surface area contributed by atoms with Gasteiger partial charge in [0.2, 0.25) is 0 Å². The Morgan fingerprint density at radius 2 is 2.08 bits per heavy atom. The van der Waals surface area contributed by atoms with E-state index in [1.54, 1.807) is 31.2 Å². The molecule has 0 saturated carbocycles. The third-order valence-corrected chi connectivity index (χ3v) is 4.35. The van der Waals surface area contributed by atoms with Crippen molar-refractivity contribution in [1.82, 2.24) is 15.0 Å². The maximum Gasteiger partial charge on any atom is 0.328 e. The molecule has 1 aromatic carbocycles. The number of ether oxygens (including phenoxy) is 1. The van der Waals surface area contributed by atoms with Gasteiger partial charge in [-0.05, 0) is 25.1 Å². The third kappa shape index (κ3) is 4.35. The highest BCUT2D eigenvalue weighted by Gasteiger charge is 2.21. The van der Waals surface area contributed by atoms with Crippen molar-refractivity contribution in [3.8, 4) is 5.75 Å². The number of sulfonamides is 1. The number of methoxy groups -OCH3 is 1. The van der Waals surface area contributed by atoms with Crippen LogP contribution in [0.25, 0.3) is 0 Å². The normalized spacial score (nSPS) is 10.8. The van der Waals surface area contributed by atoms with Gasteiger partial charge in [-0.25, -0.2) is 17.9 Å². The first kappa shape index (κ1) is 17.5. The molecule has 0 aliphatic carbocycles. The Bertz CT molecular complexity index is 824. The number of carbonyl (C=O) groups is 1. The molecule has 3 N–H and O–H groups in total. The van der Waals surface area contributed by atoms with Gasteiger partial charge in [-0.3, -0.25) is 4.98 Å². The van der Waals surface area contributed by atoms with Crippen LogP contribution in [-0.2, 0) is 10.0 Å². The van der Waals surface area contributed by atoms with E-state index in [2.05, 4.69) is 15.6 Å². The van der Waals surface area contributed by atoms with Crippen LogP contribution >= 0.6 is 0 Å². The van der Waals surface area contributed by atoms with Crippen LogP contribution in [0.2, 0.25) is 0 Å². The quantitative estimate of drug-likeness (QED) is 0.733. The van der Waals surface area contributed by atoms with Crippen LogP contribution in [0.4, 0.5) is 16.2 Å². The van der Waals surface area contributed by atoms with Crippen molar-refractivity contribution in [1.29, 1.82) is 0 Å². The molecule has 9 heteroatoms. The van der Waals surface area contributed by atoms with Gasteiger partial charge in [0.15, 0.2) is 0 Å². The molecule has 8 nitrogen and oxygen atoms in total. The van der Waals surface area contributed by atoms with E-state index >= 15 is 0 Å². The van der Waals surface area contributed by atoms with Crippen molar-refractivity contribution in [2.45, 2.75) is 11.8 Å². The number of benzene rings is 1. The van der Waals surface area contributed by atoms with Gasteiger partial charge in [0.25, 0.3) is 10.0 Å². The first-order valence-corrected chi connectivity index (χ1v) is 8.60. The average molecular weight is 350 g/mol. The zero-order valence-electron chi connectivity index (χ0n) is 13.2. The van der Waals surface area contributed by atoms with E-state index in [0.717, 1.165) is 0 Å². The van der Waals surface area contributed by atoms with Gasteiger partial charge in [-0.1, -0.05) is 6.07 Å². The fraction of sp³-hybridized carbons (Fsp3) is 0.200. The summed E-state index contributed by atoms with van der Waals surface area (Å²) in [6, 6.07) is 7.72. The first-order valence-electron chi connectivity index (χ1n) is 7.12. The van der Waals surface area contributed by atoms with Crippen molar-refractivity contribution >= 4 is 27.4 Å². The second-order valence-corrected chi connectivity index (χ2v) is 6.34. The summed E-state index contributed by atoms with van der Waals surface area (Å²) in [6.45, 7) is 2.00. The smallest absolute Gasteiger partial charge is 0.328 e. The molecule has 0 atom stereocenters. The zero-order valence-corrected chi connectivity index (χ0v) is 14.1. The van der Waals surface area contributed by atoms with E-state index in [1.165, 1.54) is 25.6 Å². The predicted molar refractivity (Wildman–Crippen MR) is 89.9 cm³/mol. The monoisotopic (exact) mass is 350 g/mol. The molecule has 0 radical (unpaired) electrons. The van der Waals surface area contributed by atoms with E-state index in [0.29, 0.717) is 18.0 Å². The van der Waals surface area contributed by atoms with Gasteiger partial charge >= 0.3 is 6.03 Å². The molecule has 0 aliphatic rings. The molecule has 0 aliphatic heterocycles. The minimum absolute atomic E-state index is 0.140. The molecule has 0 fully saturated rings. The van der Waals surface area contributed by atoms with E-state index in [1.807, 2.05) is 4.72 Å². The summed E-state index contributed by atoms with van der Waals surface area (Å²) in [5.41, 5.74) is 0.921. The van der Waals surface area contributed by atoms with Crippen LogP contribution in [0.1, 0.15) is 6.92 Å². The van der Waals surface area contributed by atoms with Crippen LogP contribution in [0.15, 0.2) is 47.6 Å². The number of carbonyl (C=O) groups excluding carboxylic acids is 1. The van der Waals surface area contributed by atoms with Crippen LogP contribution in [-0.4, -0.2) is 33.1 Å². The van der Waals surface area contributed by atoms with Gasteiger partial charge in [-0.2, -0.15) is 0 Å². The molecule has 0 saturated heterocycles. The van der Waals surface area contributed by atoms with E-state index in [4.69, 9.17) is 4.74 Å². The minimum atomic E-state index is -4.07. The molecule has 0 spiro atoms. The summed E-state index contributed by atoms with van der Waals surface area (Å²) in [6.07, 6.45) is 2.62. The van der Waals surface area contributed by atoms with Crippen LogP contribution in [0, 0.1) is 0 Å². The van der Waals surface area contributed by atoms with Crippen molar-refractivity contribution in [3.05, 3.63) is 42.7 Å². The number of pyridine rings is 1. The Morgan fingerprint density at radius 3 is 2.79 bits per heavy atom. The molecule has 0 bridgehead atoms. The Kier molecular flexibility index (Phi) is 5.59. The highest BCUT2D eigenvalue weighted by molar-refractivity contribution is 7.90. The highest BCUT2D eigenvalue weighted by Crippen LogP contribution is 2.25. The zero-order chi connectivity index (χ0) is 17.6. The number of urea groups is 1. The van der Waals surface area contributed by atoms with Crippen LogP contribution in [0.5, 0.6) is 5.75 Å². The fourth-order valence-corrected chi connectivity index (χ4v) is 2.96. The van der Waals surface area contributed by atoms with Crippen molar-refractivity contribution in [2.75, 3.05) is 19.0 Å². The number of nitrogens with zero attached hydrogens (tertiary/aromatic N) is 1. The number of nitrogens with one attached hydrogen (secondary N) is 3. The molecule has 2 aromatic rings. The van der Waals surface area contributed by atoms with E-state index in [9.17, 15) is 13.2 Å². The summed E-state index contributed by atoms with van der Waals surface area (Å²) in [5.74, 6) is 0.624. The lowest BCUT2D eigenvalue weighted by Crippen LogP contribution is -2.39. The first-order chi connectivity index (χ1) is 11.5.